The molecule has 0 bridgehead atoms. The zero-order valence-corrected chi connectivity index (χ0v) is 21.9. The molecule has 0 aliphatic rings. The minimum Gasteiger partial charge on any atom is -0.309 e. The Bertz CT molecular complexity index is 2240. The van der Waals surface area contributed by atoms with Crippen molar-refractivity contribution in [3.63, 3.8) is 0 Å². The van der Waals surface area contributed by atoms with Crippen molar-refractivity contribution in [1.82, 2.24) is 9.13 Å². The van der Waals surface area contributed by atoms with Crippen LogP contribution in [0.5, 0.6) is 0 Å². The zero-order valence-electron chi connectivity index (χ0n) is 21.9. The van der Waals surface area contributed by atoms with Gasteiger partial charge in [-0.05, 0) is 71.8 Å². The Hall–Kier alpha value is -5.66. The fourth-order valence-corrected chi connectivity index (χ4v) is 6.24. The summed E-state index contributed by atoms with van der Waals surface area (Å²) in [6.07, 6.45) is 0. The van der Waals surface area contributed by atoms with E-state index in [1.165, 1.54) is 0 Å². The standard InChI is InChI=1S/C37H22FN3/c38-27-19-26(21-29(22-27)41-36-15-7-3-11-32(36)33-12-4-8-16-37(33)41)25-17-24(23-39)18-28(20-25)40-34-13-5-1-9-30(34)31-10-2-6-14-35(31)40/h1-22H. The van der Waals surface area contributed by atoms with E-state index in [1.54, 1.807) is 12.1 Å². The molecule has 0 atom stereocenters. The summed E-state index contributed by atoms with van der Waals surface area (Å²) >= 11 is 0. The summed E-state index contributed by atoms with van der Waals surface area (Å²) in [4.78, 5) is 0. The molecule has 0 fully saturated rings. The van der Waals surface area contributed by atoms with Gasteiger partial charge in [-0.15, -0.1) is 0 Å². The molecular formula is C37H22FN3. The Morgan fingerprint density at radius 3 is 1.29 bits per heavy atom. The highest BCUT2D eigenvalue weighted by Gasteiger charge is 2.16. The van der Waals surface area contributed by atoms with Crippen LogP contribution in [0.2, 0.25) is 0 Å². The van der Waals surface area contributed by atoms with Gasteiger partial charge in [-0.25, -0.2) is 4.39 Å². The Kier molecular flexibility index (Phi) is 5.07. The molecule has 3 nitrogen and oxygen atoms in total. The lowest BCUT2D eigenvalue weighted by atomic mass is 10.0. The van der Waals surface area contributed by atoms with Gasteiger partial charge in [0.1, 0.15) is 5.82 Å². The minimum atomic E-state index is -0.333. The van der Waals surface area contributed by atoms with Crippen LogP contribution >= 0.6 is 0 Å². The van der Waals surface area contributed by atoms with Crippen molar-refractivity contribution in [2.75, 3.05) is 0 Å². The number of hydrogen-bond acceptors (Lipinski definition) is 1. The summed E-state index contributed by atoms with van der Waals surface area (Å²) in [5, 5.41) is 14.5. The number of aromatic nitrogens is 2. The quantitative estimate of drug-likeness (QED) is 0.225. The van der Waals surface area contributed by atoms with Gasteiger partial charge in [0.05, 0.1) is 33.7 Å². The average Bonchev–Trinajstić information content (AvgIpc) is 3.54. The van der Waals surface area contributed by atoms with E-state index in [-0.39, 0.29) is 5.82 Å². The van der Waals surface area contributed by atoms with Gasteiger partial charge < -0.3 is 9.13 Å². The number of benzene rings is 6. The van der Waals surface area contributed by atoms with Gasteiger partial charge in [-0.3, -0.25) is 0 Å². The molecule has 6 aromatic carbocycles. The largest absolute Gasteiger partial charge is 0.309 e. The number of para-hydroxylation sites is 4. The summed E-state index contributed by atoms with van der Waals surface area (Å²) in [7, 11) is 0. The van der Waals surface area contributed by atoms with Crippen LogP contribution in [0.25, 0.3) is 66.1 Å². The maximum atomic E-state index is 15.4. The molecule has 2 heterocycles. The first-order chi connectivity index (χ1) is 20.2. The van der Waals surface area contributed by atoms with E-state index in [9.17, 15) is 5.26 Å². The first kappa shape index (κ1) is 23.2. The summed E-state index contributed by atoms with van der Waals surface area (Å²) in [5.74, 6) is -0.333. The lowest BCUT2D eigenvalue weighted by Gasteiger charge is -2.14. The first-order valence-corrected chi connectivity index (χ1v) is 13.5. The Labute approximate surface area is 235 Å². The van der Waals surface area contributed by atoms with Crippen molar-refractivity contribution >= 4 is 43.6 Å². The van der Waals surface area contributed by atoms with E-state index in [0.29, 0.717) is 11.1 Å². The molecule has 0 aliphatic heterocycles. The topological polar surface area (TPSA) is 33.6 Å². The van der Waals surface area contributed by atoms with E-state index in [2.05, 4.69) is 63.7 Å². The lowest BCUT2D eigenvalue weighted by molar-refractivity contribution is 0.627. The highest BCUT2D eigenvalue weighted by atomic mass is 19.1. The highest BCUT2D eigenvalue weighted by molar-refractivity contribution is 6.10. The van der Waals surface area contributed by atoms with Crippen LogP contribution < -0.4 is 0 Å². The van der Waals surface area contributed by atoms with Gasteiger partial charge in [0.25, 0.3) is 0 Å². The number of nitrogens with zero attached hydrogens (tertiary/aromatic N) is 3. The zero-order chi connectivity index (χ0) is 27.5. The molecule has 8 rings (SSSR count). The van der Waals surface area contributed by atoms with Crippen LogP contribution in [0.3, 0.4) is 0 Å². The van der Waals surface area contributed by atoms with E-state index in [1.807, 2.05) is 72.8 Å². The summed E-state index contributed by atoms with van der Waals surface area (Å²) in [5.41, 5.74) is 7.74. The molecule has 0 amide bonds. The van der Waals surface area contributed by atoms with Crippen molar-refractivity contribution in [2.45, 2.75) is 0 Å². The molecule has 0 spiro atoms. The van der Waals surface area contributed by atoms with Crippen molar-refractivity contribution in [3.05, 3.63) is 145 Å². The highest BCUT2D eigenvalue weighted by Crippen LogP contribution is 2.36. The van der Waals surface area contributed by atoms with Gasteiger partial charge in [0, 0.05) is 32.9 Å². The molecule has 4 heteroatoms. The van der Waals surface area contributed by atoms with Crippen LogP contribution in [0.1, 0.15) is 5.56 Å². The number of fused-ring (bicyclic) bond motifs is 6. The monoisotopic (exact) mass is 527 g/mol. The van der Waals surface area contributed by atoms with Gasteiger partial charge in [0.15, 0.2) is 0 Å². The number of rotatable bonds is 3. The maximum Gasteiger partial charge on any atom is 0.125 e. The molecule has 0 saturated heterocycles. The van der Waals surface area contributed by atoms with Gasteiger partial charge in [-0.2, -0.15) is 5.26 Å². The third-order valence-corrected chi connectivity index (χ3v) is 7.94. The number of nitriles is 1. The van der Waals surface area contributed by atoms with E-state index in [0.717, 1.165) is 60.5 Å². The van der Waals surface area contributed by atoms with Crippen LogP contribution in [0, 0.1) is 17.1 Å². The molecule has 0 radical (unpaired) electrons. The average molecular weight is 528 g/mol. The number of halogens is 1. The summed E-state index contributed by atoms with van der Waals surface area (Å²) in [6, 6.07) is 46.2. The SMILES string of the molecule is N#Cc1cc(-c2cc(F)cc(-n3c4ccccc4c4ccccc43)c2)cc(-n2c3ccccc3c3ccccc32)c1. The summed E-state index contributed by atoms with van der Waals surface area (Å²) < 4.78 is 19.7. The number of hydrogen-bond donors (Lipinski definition) is 0. The third kappa shape index (κ3) is 3.57. The van der Waals surface area contributed by atoms with Crippen molar-refractivity contribution in [1.29, 1.82) is 5.26 Å². The molecule has 0 saturated carbocycles. The van der Waals surface area contributed by atoms with E-state index >= 15 is 4.39 Å². The van der Waals surface area contributed by atoms with Crippen LogP contribution in [-0.2, 0) is 0 Å². The second-order valence-electron chi connectivity index (χ2n) is 10.3. The molecule has 8 aromatic rings. The summed E-state index contributed by atoms with van der Waals surface area (Å²) in [6.45, 7) is 0. The molecule has 192 valence electrons. The normalized spacial score (nSPS) is 11.5. The van der Waals surface area contributed by atoms with Crippen molar-refractivity contribution in [3.8, 4) is 28.6 Å². The molecule has 0 N–H and O–H groups in total. The van der Waals surface area contributed by atoms with Crippen molar-refractivity contribution < 1.29 is 4.39 Å². The molecule has 2 aromatic heterocycles. The van der Waals surface area contributed by atoms with Crippen molar-refractivity contribution in [2.24, 2.45) is 0 Å². The van der Waals surface area contributed by atoms with E-state index in [4.69, 9.17) is 0 Å². The third-order valence-electron chi connectivity index (χ3n) is 7.94. The fourth-order valence-electron chi connectivity index (χ4n) is 6.24. The molecule has 0 aliphatic carbocycles. The maximum absolute atomic E-state index is 15.4. The van der Waals surface area contributed by atoms with Gasteiger partial charge in [-0.1, -0.05) is 72.8 Å². The fraction of sp³-hybridized carbons (Fsp3) is 0. The van der Waals surface area contributed by atoms with Crippen LogP contribution in [0.15, 0.2) is 133 Å². The molecular weight excluding hydrogens is 505 g/mol. The Morgan fingerprint density at radius 1 is 0.463 bits per heavy atom. The van der Waals surface area contributed by atoms with Crippen LogP contribution in [-0.4, -0.2) is 9.13 Å². The molecule has 41 heavy (non-hydrogen) atoms. The lowest BCUT2D eigenvalue weighted by Crippen LogP contribution is -1.98. The predicted molar refractivity (Wildman–Crippen MR) is 165 cm³/mol. The van der Waals surface area contributed by atoms with E-state index < -0.39 is 0 Å². The smallest absolute Gasteiger partial charge is 0.125 e. The molecule has 0 unspecified atom stereocenters. The minimum absolute atomic E-state index is 0.333. The predicted octanol–water partition coefficient (Wildman–Crippen LogP) is 9.56. The van der Waals surface area contributed by atoms with Crippen LogP contribution in [0.4, 0.5) is 4.39 Å². The Morgan fingerprint density at radius 2 is 0.854 bits per heavy atom. The van der Waals surface area contributed by atoms with Gasteiger partial charge >= 0.3 is 0 Å². The second-order valence-corrected chi connectivity index (χ2v) is 10.3. The first-order valence-electron chi connectivity index (χ1n) is 13.5. The second kappa shape index (κ2) is 8.94. The Balaban J connectivity index is 1.38. The van der Waals surface area contributed by atoms with Gasteiger partial charge in [0.2, 0.25) is 0 Å².